The number of fused-ring (bicyclic) bond motifs is 1. The van der Waals surface area contributed by atoms with E-state index >= 15 is 0 Å². The Balaban J connectivity index is 1.77. The molecular formula is C16H22N2O2. The summed E-state index contributed by atoms with van der Waals surface area (Å²) in [6, 6.07) is 8.57. The van der Waals surface area contributed by atoms with E-state index in [4.69, 9.17) is 4.74 Å². The molecule has 1 aromatic rings. The van der Waals surface area contributed by atoms with E-state index in [2.05, 4.69) is 17.6 Å². The number of hydrogen-bond donors (Lipinski definition) is 2. The fourth-order valence-corrected chi connectivity index (χ4v) is 3.19. The minimum atomic E-state index is -0.0600. The number of rotatable bonds is 2. The van der Waals surface area contributed by atoms with Crippen LogP contribution in [0.5, 0.6) is 0 Å². The monoisotopic (exact) mass is 274 g/mol. The largest absolute Gasteiger partial charge is 0.382 e. The standard InChI is InChI=1S/C16H22N2O2/c1-10-9-13(12-5-3-4-6-15(12)17-10)16(19)18-14-7-8-20-11(14)2/h3-6,10-11,13-14,17H,7-9H2,1-2H3,(H,18,19). The summed E-state index contributed by atoms with van der Waals surface area (Å²) in [7, 11) is 0. The fraction of sp³-hybridized carbons (Fsp3) is 0.562. The Hall–Kier alpha value is -1.55. The molecule has 20 heavy (non-hydrogen) atoms. The van der Waals surface area contributed by atoms with Crippen molar-refractivity contribution in [2.45, 2.75) is 50.8 Å². The lowest BCUT2D eigenvalue weighted by atomic mass is 9.86. The Morgan fingerprint density at radius 2 is 2.15 bits per heavy atom. The smallest absolute Gasteiger partial charge is 0.228 e. The van der Waals surface area contributed by atoms with Crippen LogP contribution in [0.3, 0.4) is 0 Å². The van der Waals surface area contributed by atoms with Gasteiger partial charge in [-0.1, -0.05) is 18.2 Å². The number of para-hydroxylation sites is 1. The first-order valence-electron chi connectivity index (χ1n) is 7.42. The van der Waals surface area contributed by atoms with Gasteiger partial charge in [-0.2, -0.15) is 0 Å². The molecule has 2 aliphatic heterocycles. The van der Waals surface area contributed by atoms with E-state index in [1.165, 1.54) is 0 Å². The highest BCUT2D eigenvalue weighted by Crippen LogP contribution is 2.34. The zero-order valence-electron chi connectivity index (χ0n) is 12.1. The topological polar surface area (TPSA) is 50.4 Å². The summed E-state index contributed by atoms with van der Waals surface area (Å²) in [5, 5.41) is 6.61. The van der Waals surface area contributed by atoms with E-state index in [0.717, 1.165) is 30.7 Å². The third-order valence-corrected chi connectivity index (χ3v) is 4.35. The molecule has 4 atom stereocenters. The van der Waals surface area contributed by atoms with E-state index in [1.54, 1.807) is 0 Å². The molecule has 0 aliphatic carbocycles. The molecule has 2 N–H and O–H groups in total. The van der Waals surface area contributed by atoms with Gasteiger partial charge in [0, 0.05) is 18.3 Å². The van der Waals surface area contributed by atoms with Gasteiger partial charge in [-0.3, -0.25) is 4.79 Å². The Morgan fingerprint density at radius 1 is 1.35 bits per heavy atom. The van der Waals surface area contributed by atoms with Crippen LogP contribution in [-0.4, -0.2) is 30.7 Å². The molecule has 0 aromatic heterocycles. The van der Waals surface area contributed by atoms with Gasteiger partial charge in [-0.15, -0.1) is 0 Å². The average Bonchev–Trinajstić information content (AvgIpc) is 2.83. The van der Waals surface area contributed by atoms with Crippen molar-refractivity contribution in [1.29, 1.82) is 0 Å². The molecule has 4 unspecified atom stereocenters. The van der Waals surface area contributed by atoms with Crippen LogP contribution in [-0.2, 0) is 9.53 Å². The van der Waals surface area contributed by atoms with Crippen molar-refractivity contribution in [3.8, 4) is 0 Å². The SMILES string of the molecule is CC1CC(C(=O)NC2CCOC2C)c2ccccc2N1. The fourth-order valence-electron chi connectivity index (χ4n) is 3.19. The van der Waals surface area contributed by atoms with Crippen molar-refractivity contribution in [2.75, 3.05) is 11.9 Å². The molecular weight excluding hydrogens is 252 g/mol. The maximum Gasteiger partial charge on any atom is 0.228 e. The summed E-state index contributed by atoms with van der Waals surface area (Å²) in [4.78, 5) is 12.6. The molecule has 1 fully saturated rings. The van der Waals surface area contributed by atoms with Crippen molar-refractivity contribution in [3.63, 3.8) is 0 Å². The first-order valence-corrected chi connectivity index (χ1v) is 7.42. The van der Waals surface area contributed by atoms with E-state index < -0.39 is 0 Å². The Morgan fingerprint density at radius 3 is 2.90 bits per heavy atom. The van der Waals surface area contributed by atoms with Gasteiger partial charge in [0.15, 0.2) is 0 Å². The molecule has 2 heterocycles. The summed E-state index contributed by atoms with van der Waals surface area (Å²) < 4.78 is 5.52. The van der Waals surface area contributed by atoms with Crippen LogP contribution in [0.1, 0.15) is 38.2 Å². The van der Waals surface area contributed by atoms with E-state index in [9.17, 15) is 4.79 Å². The molecule has 0 radical (unpaired) electrons. The van der Waals surface area contributed by atoms with Gasteiger partial charge < -0.3 is 15.4 Å². The highest BCUT2D eigenvalue weighted by molar-refractivity contribution is 5.86. The molecule has 1 amide bonds. The van der Waals surface area contributed by atoms with Gasteiger partial charge in [-0.25, -0.2) is 0 Å². The number of carbonyl (C=O) groups is 1. The molecule has 0 saturated carbocycles. The van der Waals surface area contributed by atoms with E-state index in [0.29, 0.717) is 6.04 Å². The second-order valence-electron chi connectivity index (χ2n) is 5.90. The number of nitrogens with one attached hydrogen (secondary N) is 2. The second-order valence-corrected chi connectivity index (χ2v) is 5.90. The first-order chi connectivity index (χ1) is 9.65. The van der Waals surface area contributed by atoms with Crippen LogP contribution < -0.4 is 10.6 Å². The molecule has 0 bridgehead atoms. The van der Waals surface area contributed by atoms with Crippen LogP contribution >= 0.6 is 0 Å². The quantitative estimate of drug-likeness (QED) is 0.870. The number of hydrogen-bond acceptors (Lipinski definition) is 3. The predicted octanol–water partition coefficient (Wildman–Crippen LogP) is 2.27. The second kappa shape index (κ2) is 5.44. The number of ether oxygens (including phenoxy) is 1. The van der Waals surface area contributed by atoms with Crippen molar-refractivity contribution >= 4 is 11.6 Å². The minimum Gasteiger partial charge on any atom is -0.382 e. The van der Waals surface area contributed by atoms with Gasteiger partial charge in [0.25, 0.3) is 0 Å². The maximum atomic E-state index is 12.6. The van der Waals surface area contributed by atoms with Gasteiger partial charge in [-0.05, 0) is 38.3 Å². The van der Waals surface area contributed by atoms with Crippen LogP contribution in [0, 0.1) is 0 Å². The van der Waals surface area contributed by atoms with E-state index in [-0.39, 0.29) is 24.0 Å². The highest BCUT2D eigenvalue weighted by Gasteiger charge is 2.33. The summed E-state index contributed by atoms with van der Waals surface area (Å²) in [6.45, 7) is 4.89. The van der Waals surface area contributed by atoms with Gasteiger partial charge in [0.05, 0.1) is 18.1 Å². The minimum absolute atomic E-state index is 0.0600. The summed E-state index contributed by atoms with van der Waals surface area (Å²) in [6.07, 6.45) is 1.87. The number of benzene rings is 1. The van der Waals surface area contributed by atoms with Crippen molar-refractivity contribution in [1.82, 2.24) is 5.32 Å². The maximum absolute atomic E-state index is 12.6. The molecule has 4 heteroatoms. The molecule has 0 spiro atoms. The van der Waals surface area contributed by atoms with Crippen LogP contribution in [0.15, 0.2) is 24.3 Å². The molecule has 3 rings (SSSR count). The number of anilines is 1. The first kappa shape index (κ1) is 13.4. The Labute approximate surface area is 119 Å². The van der Waals surface area contributed by atoms with Crippen molar-refractivity contribution < 1.29 is 9.53 Å². The van der Waals surface area contributed by atoms with Crippen LogP contribution in [0.4, 0.5) is 5.69 Å². The van der Waals surface area contributed by atoms with Crippen LogP contribution in [0.25, 0.3) is 0 Å². The highest BCUT2D eigenvalue weighted by atomic mass is 16.5. The van der Waals surface area contributed by atoms with Crippen molar-refractivity contribution in [3.05, 3.63) is 29.8 Å². The summed E-state index contributed by atoms with van der Waals surface area (Å²) in [5.41, 5.74) is 2.19. The predicted molar refractivity (Wildman–Crippen MR) is 78.8 cm³/mol. The lowest BCUT2D eigenvalue weighted by Crippen LogP contribution is -2.43. The zero-order valence-corrected chi connectivity index (χ0v) is 12.1. The van der Waals surface area contributed by atoms with Crippen LogP contribution in [0.2, 0.25) is 0 Å². The van der Waals surface area contributed by atoms with Gasteiger partial charge in [0.1, 0.15) is 0 Å². The molecule has 4 nitrogen and oxygen atoms in total. The van der Waals surface area contributed by atoms with Gasteiger partial charge >= 0.3 is 0 Å². The number of amides is 1. The lowest BCUT2D eigenvalue weighted by Gasteiger charge is -2.31. The lowest BCUT2D eigenvalue weighted by molar-refractivity contribution is -0.123. The Bertz CT molecular complexity index is 503. The third-order valence-electron chi connectivity index (χ3n) is 4.35. The molecule has 1 saturated heterocycles. The van der Waals surface area contributed by atoms with E-state index in [1.807, 2.05) is 31.2 Å². The molecule has 2 aliphatic rings. The normalized spacial score (nSPS) is 32.3. The van der Waals surface area contributed by atoms with Gasteiger partial charge in [0.2, 0.25) is 5.91 Å². The third kappa shape index (κ3) is 2.52. The molecule has 1 aromatic carbocycles. The zero-order chi connectivity index (χ0) is 14.1. The number of carbonyl (C=O) groups excluding carboxylic acids is 1. The summed E-state index contributed by atoms with van der Waals surface area (Å²) in [5.74, 6) is 0.0726. The Kier molecular flexibility index (Phi) is 3.66. The van der Waals surface area contributed by atoms with Crippen molar-refractivity contribution in [2.24, 2.45) is 0 Å². The summed E-state index contributed by atoms with van der Waals surface area (Å²) >= 11 is 0. The molecule has 108 valence electrons. The average molecular weight is 274 g/mol.